The van der Waals surface area contributed by atoms with Gasteiger partial charge in [-0.15, -0.1) is 0 Å². The molecule has 1 aliphatic heterocycles. The molecule has 2 N–H and O–H groups in total. The molecule has 0 spiro atoms. The molecule has 0 aromatic heterocycles. The van der Waals surface area contributed by atoms with Gasteiger partial charge in [0, 0.05) is 24.7 Å². The molecule has 0 unspecified atom stereocenters. The van der Waals surface area contributed by atoms with E-state index in [-0.39, 0.29) is 5.54 Å². The highest BCUT2D eigenvalue weighted by molar-refractivity contribution is 5.18. The van der Waals surface area contributed by atoms with Gasteiger partial charge in [0.25, 0.3) is 0 Å². The molecule has 1 aliphatic carbocycles. The van der Waals surface area contributed by atoms with Gasteiger partial charge in [-0.25, -0.2) is 0 Å². The Kier molecular flexibility index (Phi) is 3.90. The van der Waals surface area contributed by atoms with E-state index in [2.05, 4.69) is 35.2 Å². The van der Waals surface area contributed by atoms with E-state index in [0.717, 1.165) is 25.3 Å². The summed E-state index contributed by atoms with van der Waals surface area (Å²) in [7, 11) is 0. The molecule has 0 atom stereocenters. The van der Waals surface area contributed by atoms with Crippen LogP contribution in [-0.2, 0) is 6.42 Å². The maximum atomic E-state index is 6.63. The second-order valence-electron chi connectivity index (χ2n) is 6.50. The van der Waals surface area contributed by atoms with Crippen LogP contribution < -0.4 is 5.73 Å². The first-order valence-corrected chi connectivity index (χ1v) is 7.82. The Hall–Kier alpha value is -0.860. The van der Waals surface area contributed by atoms with Gasteiger partial charge in [0.15, 0.2) is 0 Å². The number of rotatable bonds is 3. The quantitative estimate of drug-likeness (QED) is 0.903. The smallest absolute Gasteiger partial charge is 0.0219 e. The Morgan fingerprint density at radius 1 is 1.05 bits per heavy atom. The van der Waals surface area contributed by atoms with E-state index in [1.165, 1.54) is 44.3 Å². The highest BCUT2D eigenvalue weighted by Gasteiger charge is 2.33. The van der Waals surface area contributed by atoms with Gasteiger partial charge in [0.05, 0.1) is 0 Å². The summed E-state index contributed by atoms with van der Waals surface area (Å²) >= 11 is 0. The molecule has 19 heavy (non-hydrogen) atoms. The number of nitrogens with zero attached hydrogens (tertiary/aromatic N) is 1. The SMILES string of the molecule is NC1(Cc2ccccc2)CCN(C2CCCC2)CC1. The summed E-state index contributed by atoms with van der Waals surface area (Å²) in [6, 6.07) is 11.6. The number of piperidine rings is 1. The molecule has 2 nitrogen and oxygen atoms in total. The summed E-state index contributed by atoms with van der Waals surface area (Å²) < 4.78 is 0. The standard InChI is InChI=1S/C17H26N2/c18-17(14-15-6-2-1-3-7-15)10-12-19(13-11-17)16-8-4-5-9-16/h1-3,6-7,16H,4-5,8-14,18H2. The average Bonchev–Trinajstić information content (AvgIpc) is 2.94. The van der Waals surface area contributed by atoms with Crippen LogP contribution in [0, 0.1) is 0 Å². The molecule has 0 bridgehead atoms. The van der Waals surface area contributed by atoms with Gasteiger partial charge in [-0.05, 0) is 37.7 Å². The number of hydrogen-bond donors (Lipinski definition) is 1. The zero-order valence-corrected chi connectivity index (χ0v) is 11.9. The van der Waals surface area contributed by atoms with Crippen molar-refractivity contribution in [3.05, 3.63) is 35.9 Å². The molecular weight excluding hydrogens is 232 g/mol. The maximum absolute atomic E-state index is 6.63. The summed E-state index contributed by atoms with van der Waals surface area (Å²) in [4.78, 5) is 2.70. The lowest BCUT2D eigenvalue weighted by molar-refractivity contribution is 0.118. The minimum Gasteiger partial charge on any atom is -0.325 e. The van der Waals surface area contributed by atoms with Crippen LogP contribution in [0.15, 0.2) is 30.3 Å². The van der Waals surface area contributed by atoms with Crippen molar-refractivity contribution in [2.75, 3.05) is 13.1 Å². The van der Waals surface area contributed by atoms with Crippen LogP contribution in [0.4, 0.5) is 0 Å². The molecule has 104 valence electrons. The Labute approximate surface area is 117 Å². The van der Waals surface area contributed by atoms with Crippen LogP contribution in [0.2, 0.25) is 0 Å². The Morgan fingerprint density at radius 3 is 2.32 bits per heavy atom. The van der Waals surface area contributed by atoms with Gasteiger partial charge < -0.3 is 10.6 Å². The summed E-state index contributed by atoms with van der Waals surface area (Å²) in [6.07, 6.45) is 9.02. The predicted molar refractivity (Wildman–Crippen MR) is 80.1 cm³/mol. The zero-order valence-electron chi connectivity index (χ0n) is 11.9. The van der Waals surface area contributed by atoms with Crippen LogP contribution >= 0.6 is 0 Å². The average molecular weight is 258 g/mol. The Morgan fingerprint density at radius 2 is 1.68 bits per heavy atom. The van der Waals surface area contributed by atoms with Crippen LogP contribution in [0.3, 0.4) is 0 Å². The fourth-order valence-corrected chi connectivity index (χ4v) is 3.78. The lowest BCUT2D eigenvalue weighted by Crippen LogP contribution is -2.53. The van der Waals surface area contributed by atoms with Gasteiger partial charge >= 0.3 is 0 Å². The first kappa shape index (κ1) is 13.1. The van der Waals surface area contributed by atoms with E-state index >= 15 is 0 Å². The van der Waals surface area contributed by atoms with Gasteiger partial charge in [0.2, 0.25) is 0 Å². The minimum atomic E-state index is 0.0243. The second-order valence-corrected chi connectivity index (χ2v) is 6.50. The molecule has 1 aromatic carbocycles. The largest absolute Gasteiger partial charge is 0.325 e. The molecule has 2 aliphatic rings. The van der Waals surface area contributed by atoms with Crippen molar-refractivity contribution in [2.45, 2.75) is 56.5 Å². The van der Waals surface area contributed by atoms with Crippen LogP contribution in [-0.4, -0.2) is 29.6 Å². The normalized spacial score (nSPS) is 24.7. The predicted octanol–water partition coefficient (Wildman–Crippen LogP) is 2.97. The third kappa shape index (κ3) is 3.18. The lowest BCUT2D eigenvalue weighted by Gasteiger charge is -2.42. The number of nitrogens with two attached hydrogens (primary N) is 1. The van der Waals surface area contributed by atoms with Crippen molar-refractivity contribution < 1.29 is 0 Å². The van der Waals surface area contributed by atoms with Crippen molar-refractivity contribution in [1.29, 1.82) is 0 Å². The fourth-order valence-electron chi connectivity index (χ4n) is 3.78. The number of likely N-dealkylation sites (tertiary alicyclic amines) is 1. The third-order valence-electron chi connectivity index (χ3n) is 5.03. The summed E-state index contributed by atoms with van der Waals surface area (Å²) in [6.45, 7) is 2.40. The van der Waals surface area contributed by atoms with Crippen molar-refractivity contribution in [3.63, 3.8) is 0 Å². The van der Waals surface area contributed by atoms with Crippen LogP contribution in [0.5, 0.6) is 0 Å². The van der Waals surface area contributed by atoms with Gasteiger partial charge in [-0.2, -0.15) is 0 Å². The van der Waals surface area contributed by atoms with Crippen LogP contribution in [0.25, 0.3) is 0 Å². The van der Waals surface area contributed by atoms with Crippen molar-refractivity contribution in [3.8, 4) is 0 Å². The molecule has 3 rings (SSSR count). The molecule has 0 amide bonds. The molecule has 1 aromatic rings. The second kappa shape index (κ2) is 5.64. The minimum absolute atomic E-state index is 0.0243. The summed E-state index contributed by atoms with van der Waals surface area (Å²) in [5.74, 6) is 0. The molecule has 1 heterocycles. The zero-order chi connectivity index (χ0) is 13.1. The highest BCUT2D eigenvalue weighted by atomic mass is 15.2. The Balaban J connectivity index is 1.56. The first-order chi connectivity index (χ1) is 9.25. The molecule has 1 saturated heterocycles. The fraction of sp³-hybridized carbons (Fsp3) is 0.647. The highest BCUT2D eigenvalue weighted by Crippen LogP contribution is 2.30. The van der Waals surface area contributed by atoms with Crippen molar-refractivity contribution in [1.82, 2.24) is 4.90 Å². The van der Waals surface area contributed by atoms with Gasteiger partial charge in [-0.3, -0.25) is 0 Å². The van der Waals surface area contributed by atoms with E-state index in [0.29, 0.717) is 0 Å². The van der Waals surface area contributed by atoms with E-state index in [4.69, 9.17) is 5.73 Å². The summed E-state index contributed by atoms with van der Waals surface area (Å²) in [5, 5.41) is 0. The summed E-state index contributed by atoms with van der Waals surface area (Å²) in [5.41, 5.74) is 8.04. The van der Waals surface area contributed by atoms with E-state index in [1.54, 1.807) is 0 Å². The third-order valence-corrected chi connectivity index (χ3v) is 5.03. The number of hydrogen-bond acceptors (Lipinski definition) is 2. The van der Waals surface area contributed by atoms with Gasteiger partial charge in [-0.1, -0.05) is 43.2 Å². The van der Waals surface area contributed by atoms with Crippen LogP contribution in [0.1, 0.15) is 44.1 Å². The van der Waals surface area contributed by atoms with E-state index < -0.39 is 0 Å². The van der Waals surface area contributed by atoms with Gasteiger partial charge in [0.1, 0.15) is 0 Å². The first-order valence-electron chi connectivity index (χ1n) is 7.82. The molecule has 2 fully saturated rings. The Bertz CT molecular complexity index is 387. The molecule has 0 radical (unpaired) electrons. The maximum Gasteiger partial charge on any atom is 0.0219 e. The van der Waals surface area contributed by atoms with E-state index in [1.807, 2.05) is 0 Å². The van der Waals surface area contributed by atoms with Crippen molar-refractivity contribution >= 4 is 0 Å². The van der Waals surface area contributed by atoms with Crippen molar-refractivity contribution in [2.24, 2.45) is 5.73 Å². The number of benzene rings is 1. The molecular formula is C17H26N2. The molecule has 2 heteroatoms. The van der Waals surface area contributed by atoms with E-state index in [9.17, 15) is 0 Å². The monoisotopic (exact) mass is 258 g/mol. The lowest BCUT2D eigenvalue weighted by atomic mass is 9.82. The topological polar surface area (TPSA) is 29.3 Å². The molecule has 1 saturated carbocycles.